The largest absolute Gasteiger partial charge is 0.481 e. The molecular formula is C14H26N2O3. The molecule has 19 heavy (non-hydrogen) atoms. The molecule has 0 aromatic carbocycles. The van der Waals surface area contributed by atoms with Crippen LogP contribution in [0.4, 0.5) is 4.79 Å². The zero-order valence-electron chi connectivity index (χ0n) is 12.2. The smallest absolute Gasteiger partial charge is 0.315 e. The summed E-state index contributed by atoms with van der Waals surface area (Å²) in [6.07, 6.45) is 4.80. The van der Waals surface area contributed by atoms with E-state index in [4.69, 9.17) is 5.11 Å². The number of rotatable bonds is 5. The highest BCUT2D eigenvalue weighted by Crippen LogP contribution is 2.24. The molecule has 1 fully saturated rings. The lowest BCUT2D eigenvalue weighted by Crippen LogP contribution is -2.49. The summed E-state index contributed by atoms with van der Waals surface area (Å²) in [5.41, 5.74) is -0.275. The number of hydrogen-bond donors (Lipinski definition) is 3. The summed E-state index contributed by atoms with van der Waals surface area (Å²) in [5, 5.41) is 14.5. The van der Waals surface area contributed by atoms with Crippen LogP contribution in [0.5, 0.6) is 0 Å². The van der Waals surface area contributed by atoms with E-state index >= 15 is 0 Å². The molecule has 110 valence electrons. The van der Waals surface area contributed by atoms with Crippen molar-refractivity contribution < 1.29 is 14.7 Å². The molecule has 0 aliphatic heterocycles. The molecule has 1 unspecified atom stereocenters. The molecule has 2 amide bonds. The highest BCUT2D eigenvalue weighted by atomic mass is 16.4. The van der Waals surface area contributed by atoms with E-state index in [2.05, 4.69) is 10.6 Å². The van der Waals surface area contributed by atoms with Crippen molar-refractivity contribution in [1.82, 2.24) is 10.6 Å². The van der Waals surface area contributed by atoms with Crippen LogP contribution in [0, 0.1) is 11.3 Å². The maximum absolute atomic E-state index is 11.8. The molecule has 1 atom stereocenters. The Bertz CT molecular complexity index is 317. The molecule has 5 heteroatoms. The van der Waals surface area contributed by atoms with Crippen LogP contribution in [0.15, 0.2) is 0 Å². The lowest BCUT2D eigenvalue weighted by atomic mass is 9.85. The average Bonchev–Trinajstić information content (AvgIpc) is 2.76. The fourth-order valence-corrected chi connectivity index (χ4v) is 2.41. The molecule has 0 spiro atoms. The van der Waals surface area contributed by atoms with Crippen LogP contribution >= 0.6 is 0 Å². The quantitative estimate of drug-likeness (QED) is 0.717. The van der Waals surface area contributed by atoms with E-state index in [1.54, 1.807) is 0 Å². The third-order valence-corrected chi connectivity index (χ3v) is 3.76. The maximum Gasteiger partial charge on any atom is 0.315 e. The van der Waals surface area contributed by atoms with Crippen LogP contribution in [-0.4, -0.2) is 29.7 Å². The molecule has 1 rings (SSSR count). The van der Waals surface area contributed by atoms with E-state index in [0.29, 0.717) is 12.5 Å². The molecule has 0 aromatic heterocycles. The number of amides is 2. The fraction of sp³-hybridized carbons (Fsp3) is 0.857. The first-order valence-electron chi connectivity index (χ1n) is 7.05. The van der Waals surface area contributed by atoms with Gasteiger partial charge in [-0.1, -0.05) is 33.6 Å². The van der Waals surface area contributed by atoms with E-state index in [0.717, 1.165) is 0 Å². The van der Waals surface area contributed by atoms with Gasteiger partial charge in [0.25, 0.3) is 0 Å². The first-order valence-corrected chi connectivity index (χ1v) is 7.05. The maximum atomic E-state index is 11.8. The van der Waals surface area contributed by atoms with Crippen LogP contribution < -0.4 is 10.6 Å². The Hall–Kier alpha value is -1.26. The van der Waals surface area contributed by atoms with Gasteiger partial charge in [0, 0.05) is 12.6 Å². The molecule has 3 N–H and O–H groups in total. The van der Waals surface area contributed by atoms with E-state index in [1.807, 2.05) is 20.8 Å². The SMILES string of the molecule is CC(C)(C)C(CC(=O)O)NC(=O)NCC1CCCC1. The predicted octanol–water partition coefficient (Wildman–Crippen LogP) is 2.37. The summed E-state index contributed by atoms with van der Waals surface area (Å²) in [6, 6.07) is -0.623. The van der Waals surface area contributed by atoms with E-state index < -0.39 is 5.97 Å². The van der Waals surface area contributed by atoms with Crippen LogP contribution in [0.1, 0.15) is 52.9 Å². The minimum Gasteiger partial charge on any atom is -0.481 e. The van der Waals surface area contributed by atoms with Gasteiger partial charge in [-0.05, 0) is 24.2 Å². The van der Waals surface area contributed by atoms with Gasteiger partial charge in [0.15, 0.2) is 0 Å². The number of hydrogen-bond acceptors (Lipinski definition) is 2. The Morgan fingerprint density at radius 2 is 1.84 bits per heavy atom. The van der Waals surface area contributed by atoms with Gasteiger partial charge in [0.05, 0.1) is 6.42 Å². The van der Waals surface area contributed by atoms with Crippen molar-refractivity contribution in [2.45, 2.75) is 58.9 Å². The minimum atomic E-state index is -0.893. The Balaban J connectivity index is 2.39. The van der Waals surface area contributed by atoms with E-state index in [9.17, 15) is 9.59 Å². The Morgan fingerprint density at radius 1 is 1.26 bits per heavy atom. The average molecular weight is 270 g/mol. The second-order valence-corrected chi connectivity index (χ2v) is 6.52. The Kier molecular flexibility index (Phi) is 5.63. The standard InChI is InChI=1S/C14H26N2O3/c1-14(2,3)11(8-12(17)18)16-13(19)15-9-10-6-4-5-7-10/h10-11H,4-9H2,1-3H3,(H,17,18)(H2,15,16,19). The fourth-order valence-electron chi connectivity index (χ4n) is 2.41. The van der Waals surface area contributed by atoms with Gasteiger partial charge in [0.1, 0.15) is 0 Å². The molecule has 1 aliphatic carbocycles. The zero-order chi connectivity index (χ0) is 14.5. The number of carbonyl (C=O) groups is 2. The molecule has 0 heterocycles. The van der Waals surface area contributed by atoms with Gasteiger partial charge in [-0.15, -0.1) is 0 Å². The number of carboxylic acids is 1. The van der Waals surface area contributed by atoms with Crippen LogP contribution in [0.2, 0.25) is 0 Å². The first-order chi connectivity index (χ1) is 8.79. The summed E-state index contributed by atoms with van der Waals surface area (Å²) < 4.78 is 0. The van der Waals surface area contributed by atoms with Crippen molar-refractivity contribution in [2.75, 3.05) is 6.54 Å². The molecular weight excluding hydrogens is 244 g/mol. The van der Waals surface area contributed by atoms with Crippen molar-refractivity contribution in [3.63, 3.8) is 0 Å². The third kappa shape index (κ3) is 5.94. The Morgan fingerprint density at radius 3 is 2.32 bits per heavy atom. The van der Waals surface area contributed by atoms with E-state index in [1.165, 1.54) is 25.7 Å². The van der Waals surface area contributed by atoms with Crippen molar-refractivity contribution >= 4 is 12.0 Å². The first kappa shape index (κ1) is 15.8. The predicted molar refractivity (Wildman–Crippen MR) is 74.0 cm³/mol. The number of nitrogens with one attached hydrogen (secondary N) is 2. The van der Waals surface area contributed by atoms with Crippen molar-refractivity contribution in [3.8, 4) is 0 Å². The second-order valence-electron chi connectivity index (χ2n) is 6.52. The van der Waals surface area contributed by atoms with Crippen molar-refractivity contribution in [2.24, 2.45) is 11.3 Å². The summed E-state index contributed by atoms with van der Waals surface area (Å²) in [5.74, 6) is -0.311. The minimum absolute atomic E-state index is 0.0552. The van der Waals surface area contributed by atoms with Gasteiger partial charge in [-0.25, -0.2) is 4.79 Å². The van der Waals surface area contributed by atoms with Gasteiger partial charge < -0.3 is 15.7 Å². The van der Waals surface area contributed by atoms with Gasteiger partial charge in [-0.2, -0.15) is 0 Å². The monoisotopic (exact) mass is 270 g/mol. The summed E-state index contributed by atoms with van der Waals surface area (Å²) in [7, 11) is 0. The molecule has 1 saturated carbocycles. The Labute approximate surface area is 115 Å². The molecule has 1 aliphatic rings. The highest BCUT2D eigenvalue weighted by Gasteiger charge is 2.28. The van der Waals surface area contributed by atoms with Gasteiger partial charge in [0.2, 0.25) is 0 Å². The topological polar surface area (TPSA) is 78.4 Å². The lowest BCUT2D eigenvalue weighted by molar-refractivity contribution is -0.138. The van der Waals surface area contributed by atoms with E-state index in [-0.39, 0.29) is 23.9 Å². The highest BCUT2D eigenvalue weighted by molar-refractivity contribution is 5.75. The molecule has 0 bridgehead atoms. The van der Waals surface area contributed by atoms with Crippen LogP contribution in [0.3, 0.4) is 0 Å². The normalized spacial score (nSPS) is 18.1. The van der Waals surface area contributed by atoms with Crippen molar-refractivity contribution in [3.05, 3.63) is 0 Å². The molecule has 0 aromatic rings. The molecule has 5 nitrogen and oxygen atoms in total. The molecule has 0 radical (unpaired) electrons. The number of carboxylic acid groups (broad SMARTS) is 1. The van der Waals surface area contributed by atoms with Gasteiger partial charge in [-0.3, -0.25) is 4.79 Å². The summed E-state index contributed by atoms with van der Waals surface area (Å²) in [4.78, 5) is 22.7. The third-order valence-electron chi connectivity index (χ3n) is 3.76. The van der Waals surface area contributed by atoms with Crippen LogP contribution in [0.25, 0.3) is 0 Å². The van der Waals surface area contributed by atoms with Gasteiger partial charge >= 0.3 is 12.0 Å². The number of carbonyl (C=O) groups excluding carboxylic acids is 1. The molecule has 0 saturated heterocycles. The van der Waals surface area contributed by atoms with Crippen LogP contribution in [-0.2, 0) is 4.79 Å². The number of urea groups is 1. The second kappa shape index (κ2) is 6.78. The van der Waals surface area contributed by atoms with Crippen molar-refractivity contribution in [1.29, 1.82) is 0 Å². The lowest BCUT2D eigenvalue weighted by Gasteiger charge is -2.30. The number of aliphatic carboxylic acids is 1. The zero-order valence-corrected chi connectivity index (χ0v) is 12.2. The summed E-state index contributed by atoms with van der Waals surface area (Å²) >= 11 is 0. The summed E-state index contributed by atoms with van der Waals surface area (Å²) in [6.45, 7) is 6.48.